The van der Waals surface area contributed by atoms with Crippen LogP contribution in [0.3, 0.4) is 0 Å². The Bertz CT molecular complexity index is 846. The van der Waals surface area contributed by atoms with Crippen molar-refractivity contribution in [1.29, 1.82) is 0 Å². The molecule has 0 radical (unpaired) electrons. The molecule has 3 rings (SSSR count). The van der Waals surface area contributed by atoms with Crippen LogP contribution in [-0.4, -0.2) is 47.9 Å². The molecule has 3 nitrogen and oxygen atoms in total. The molecule has 0 N–H and O–H groups in total. The summed E-state index contributed by atoms with van der Waals surface area (Å²) in [7, 11) is 0. The molecule has 1 saturated heterocycles. The molecule has 0 saturated carbocycles. The van der Waals surface area contributed by atoms with Gasteiger partial charge in [-0.2, -0.15) is 0 Å². The third-order valence-electron chi connectivity index (χ3n) is 6.03. The second-order valence-electron chi connectivity index (χ2n) is 9.45. The predicted octanol–water partition coefficient (Wildman–Crippen LogP) is 5.36. The number of likely N-dealkylation sites (tertiary alicyclic amines) is 1. The van der Waals surface area contributed by atoms with Crippen molar-refractivity contribution in [3.05, 3.63) is 71.0 Å². The lowest BCUT2D eigenvalue weighted by Crippen LogP contribution is -2.42. The molecule has 1 amide bonds. The van der Waals surface area contributed by atoms with E-state index in [1.807, 2.05) is 42.2 Å². The summed E-state index contributed by atoms with van der Waals surface area (Å²) in [6.45, 7) is 14.2. The highest BCUT2D eigenvalue weighted by Crippen LogP contribution is 2.34. The van der Waals surface area contributed by atoms with Crippen molar-refractivity contribution in [2.24, 2.45) is 11.8 Å². The van der Waals surface area contributed by atoms with E-state index in [-0.39, 0.29) is 29.6 Å². The number of carbonyl (C=O) groups excluding carboxylic acids is 1. The number of hydrogen-bond acceptors (Lipinski definition) is 2. The first-order chi connectivity index (χ1) is 14.2. The molecule has 4 heteroatoms. The van der Waals surface area contributed by atoms with Gasteiger partial charge < -0.3 is 9.80 Å². The third kappa shape index (κ3) is 5.48. The minimum absolute atomic E-state index is 0.0744. The number of rotatable bonds is 7. The summed E-state index contributed by atoms with van der Waals surface area (Å²) in [4.78, 5) is 17.8. The van der Waals surface area contributed by atoms with E-state index in [1.165, 1.54) is 6.07 Å². The van der Waals surface area contributed by atoms with Gasteiger partial charge >= 0.3 is 0 Å². The van der Waals surface area contributed by atoms with Crippen molar-refractivity contribution >= 4 is 5.91 Å². The first-order valence-corrected chi connectivity index (χ1v) is 11.1. The first-order valence-electron chi connectivity index (χ1n) is 11.1. The zero-order chi connectivity index (χ0) is 21.8. The van der Waals surface area contributed by atoms with Crippen LogP contribution in [0.25, 0.3) is 0 Å². The standard InChI is InChI=1S/C26H35FN2O/c1-18(2)14-28-15-23(25(17-28)22-7-6-8-24(27)13-22)16-29(19(3)4)26(30)21-11-9-20(5)10-12-21/h6-13,18-19,23,25H,14-17H2,1-5H3. The van der Waals surface area contributed by atoms with E-state index in [0.29, 0.717) is 12.5 Å². The lowest BCUT2D eigenvalue weighted by molar-refractivity contribution is 0.0668. The van der Waals surface area contributed by atoms with Crippen molar-refractivity contribution < 1.29 is 9.18 Å². The largest absolute Gasteiger partial charge is 0.336 e. The van der Waals surface area contributed by atoms with Crippen LogP contribution < -0.4 is 0 Å². The summed E-state index contributed by atoms with van der Waals surface area (Å²) >= 11 is 0. The van der Waals surface area contributed by atoms with Crippen molar-refractivity contribution in [1.82, 2.24) is 9.80 Å². The normalized spacial score (nSPS) is 19.6. The number of halogens is 1. The lowest BCUT2D eigenvalue weighted by Gasteiger charge is -2.32. The molecule has 1 aliphatic heterocycles. The fourth-order valence-electron chi connectivity index (χ4n) is 4.57. The van der Waals surface area contributed by atoms with E-state index in [4.69, 9.17) is 0 Å². The van der Waals surface area contributed by atoms with Crippen LogP contribution in [0.15, 0.2) is 48.5 Å². The van der Waals surface area contributed by atoms with Gasteiger partial charge in [-0.25, -0.2) is 4.39 Å². The lowest BCUT2D eigenvalue weighted by atomic mass is 9.88. The Hall–Kier alpha value is -2.20. The SMILES string of the molecule is Cc1ccc(C(=O)N(CC2CN(CC(C)C)CC2c2cccc(F)c2)C(C)C)cc1. The fraction of sp³-hybridized carbons (Fsp3) is 0.500. The molecule has 162 valence electrons. The van der Waals surface area contributed by atoms with Crippen molar-refractivity contribution in [3.63, 3.8) is 0 Å². The van der Waals surface area contributed by atoms with Crippen LogP contribution in [0, 0.1) is 24.6 Å². The second-order valence-corrected chi connectivity index (χ2v) is 9.45. The summed E-state index contributed by atoms with van der Waals surface area (Å²) in [5, 5.41) is 0. The molecular formula is C26H35FN2O. The summed E-state index contributed by atoms with van der Waals surface area (Å²) in [5.74, 6) is 0.969. The molecule has 0 bridgehead atoms. The van der Waals surface area contributed by atoms with E-state index >= 15 is 0 Å². The predicted molar refractivity (Wildman–Crippen MR) is 121 cm³/mol. The van der Waals surface area contributed by atoms with Gasteiger partial charge in [0.25, 0.3) is 5.91 Å². The quantitative estimate of drug-likeness (QED) is 0.614. The third-order valence-corrected chi connectivity index (χ3v) is 6.03. The summed E-state index contributed by atoms with van der Waals surface area (Å²) < 4.78 is 13.9. The molecule has 0 spiro atoms. The Labute approximate surface area is 180 Å². The Morgan fingerprint density at radius 2 is 1.80 bits per heavy atom. The Kier molecular flexibility index (Phi) is 7.30. The van der Waals surface area contributed by atoms with Gasteiger partial charge in [0.2, 0.25) is 0 Å². The molecule has 2 unspecified atom stereocenters. The molecule has 2 aromatic carbocycles. The molecule has 1 heterocycles. The van der Waals surface area contributed by atoms with Gasteiger partial charge in [-0.05, 0) is 62.4 Å². The van der Waals surface area contributed by atoms with E-state index < -0.39 is 0 Å². The molecule has 1 fully saturated rings. The Balaban J connectivity index is 1.84. The number of hydrogen-bond donors (Lipinski definition) is 0. The van der Waals surface area contributed by atoms with Gasteiger partial charge in [-0.1, -0.05) is 43.7 Å². The van der Waals surface area contributed by atoms with Gasteiger partial charge in [0, 0.05) is 43.7 Å². The maximum Gasteiger partial charge on any atom is 0.254 e. The molecule has 1 aliphatic rings. The van der Waals surface area contributed by atoms with Crippen molar-refractivity contribution in [2.45, 2.75) is 46.6 Å². The second kappa shape index (κ2) is 9.74. The van der Waals surface area contributed by atoms with Crippen LogP contribution >= 0.6 is 0 Å². The van der Waals surface area contributed by atoms with Gasteiger partial charge in [0.1, 0.15) is 5.82 Å². The highest BCUT2D eigenvalue weighted by atomic mass is 19.1. The van der Waals surface area contributed by atoms with Crippen LogP contribution in [0.5, 0.6) is 0 Å². The van der Waals surface area contributed by atoms with Gasteiger partial charge in [-0.3, -0.25) is 4.79 Å². The summed E-state index contributed by atoms with van der Waals surface area (Å²) in [5.41, 5.74) is 2.92. The highest BCUT2D eigenvalue weighted by molar-refractivity contribution is 5.94. The van der Waals surface area contributed by atoms with Gasteiger partial charge in [-0.15, -0.1) is 0 Å². The van der Waals surface area contributed by atoms with E-state index in [2.05, 4.69) is 32.6 Å². The average molecular weight is 411 g/mol. The smallest absolute Gasteiger partial charge is 0.254 e. The van der Waals surface area contributed by atoms with E-state index in [0.717, 1.165) is 36.3 Å². The van der Waals surface area contributed by atoms with Crippen LogP contribution in [0.2, 0.25) is 0 Å². The number of benzene rings is 2. The van der Waals surface area contributed by atoms with Crippen molar-refractivity contribution in [3.8, 4) is 0 Å². The maximum atomic E-state index is 13.9. The number of carbonyl (C=O) groups is 1. The molecule has 30 heavy (non-hydrogen) atoms. The van der Waals surface area contributed by atoms with Gasteiger partial charge in [0.05, 0.1) is 0 Å². The molecule has 0 aliphatic carbocycles. The highest BCUT2D eigenvalue weighted by Gasteiger charge is 2.36. The zero-order valence-corrected chi connectivity index (χ0v) is 18.9. The van der Waals surface area contributed by atoms with Crippen molar-refractivity contribution in [2.75, 3.05) is 26.2 Å². The Morgan fingerprint density at radius 1 is 1.10 bits per heavy atom. The van der Waals surface area contributed by atoms with Crippen LogP contribution in [-0.2, 0) is 0 Å². The number of amides is 1. The summed E-state index contributed by atoms with van der Waals surface area (Å²) in [6, 6.07) is 14.9. The summed E-state index contributed by atoms with van der Waals surface area (Å²) in [6.07, 6.45) is 0. The van der Waals surface area contributed by atoms with Crippen LogP contribution in [0.1, 0.15) is 55.1 Å². The minimum atomic E-state index is -0.190. The Morgan fingerprint density at radius 3 is 2.40 bits per heavy atom. The molecule has 2 aromatic rings. The number of nitrogens with zero attached hydrogens (tertiary/aromatic N) is 2. The number of aryl methyl sites for hydroxylation is 1. The first kappa shape index (κ1) is 22.5. The van der Waals surface area contributed by atoms with E-state index in [9.17, 15) is 9.18 Å². The minimum Gasteiger partial charge on any atom is -0.336 e. The maximum absolute atomic E-state index is 13.9. The monoisotopic (exact) mass is 410 g/mol. The molecule has 0 aromatic heterocycles. The van der Waals surface area contributed by atoms with E-state index in [1.54, 1.807) is 12.1 Å². The van der Waals surface area contributed by atoms with Gasteiger partial charge in [0.15, 0.2) is 0 Å². The fourth-order valence-corrected chi connectivity index (χ4v) is 4.57. The molecular weight excluding hydrogens is 375 g/mol. The topological polar surface area (TPSA) is 23.6 Å². The van der Waals surface area contributed by atoms with Crippen LogP contribution in [0.4, 0.5) is 4.39 Å². The zero-order valence-electron chi connectivity index (χ0n) is 18.9. The molecule has 2 atom stereocenters. The average Bonchev–Trinajstić information content (AvgIpc) is 3.07.